The Hall–Kier alpha value is -3.89. The van der Waals surface area contributed by atoms with E-state index in [0.717, 1.165) is 6.26 Å². The van der Waals surface area contributed by atoms with Crippen LogP contribution in [0.15, 0.2) is 77.9 Å². The second-order valence-electron chi connectivity index (χ2n) is 7.54. The number of halogens is 1. The van der Waals surface area contributed by atoms with Crippen LogP contribution in [0.2, 0.25) is 5.02 Å². The van der Waals surface area contributed by atoms with Gasteiger partial charge in [-0.3, -0.25) is 9.10 Å². The van der Waals surface area contributed by atoms with Gasteiger partial charge in [0.05, 0.1) is 31.8 Å². The summed E-state index contributed by atoms with van der Waals surface area (Å²) >= 11 is 6.19. The lowest BCUT2D eigenvalue weighted by Gasteiger charge is -2.23. The second-order valence-corrected chi connectivity index (χ2v) is 9.85. The minimum absolute atomic E-state index is 0.0564. The number of amides is 1. The minimum atomic E-state index is -3.60. The summed E-state index contributed by atoms with van der Waals surface area (Å²) in [5.74, 6) is -0.465. The Kier molecular flexibility index (Phi) is 9.04. The maximum absolute atomic E-state index is 12.4. The fourth-order valence-corrected chi connectivity index (χ4v) is 4.12. The van der Waals surface area contributed by atoms with Crippen LogP contribution in [-0.4, -0.2) is 46.5 Å². The maximum Gasteiger partial charge on any atom is 0.343 e. The van der Waals surface area contributed by atoms with E-state index < -0.39 is 21.9 Å². The van der Waals surface area contributed by atoms with Crippen LogP contribution in [0.3, 0.4) is 0 Å². The SMILES string of the molecule is COC(=O)COc1ccc(/C=N/NC(=O)c2ccc(N(Cc3ccccc3Cl)S(C)(=O)=O)cc2)cc1. The second kappa shape index (κ2) is 12.2. The fraction of sp³-hybridized carbons (Fsp3) is 0.160. The summed E-state index contributed by atoms with van der Waals surface area (Å²) in [6.07, 6.45) is 2.56. The Morgan fingerprint density at radius 1 is 1.03 bits per heavy atom. The van der Waals surface area contributed by atoms with Crippen LogP contribution in [0, 0.1) is 0 Å². The Balaban J connectivity index is 1.62. The van der Waals surface area contributed by atoms with Gasteiger partial charge in [0.25, 0.3) is 5.91 Å². The van der Waals surface area contributed by atoms with E-state index in [1.165, 1.54) is 29.8 Å². The van der Waals surface area contributed by atoms with Crippen LogP contribution in [0.4, 0.5) is 5.69 Å². The molecule has 1 amide bonds. The molecule has 36 heavy (non-hydrogen) atoms. The van der Waals surface area contributed by atoms with Gasteiger partial charge in [-0.05, 0) is 65.7 Å². The highest BCUT2D eigenvalue weighted by Gasteiger charge is 2.19. The number of methoxy groups -OCH3 is 1. The molecule has 0 saturated heterocycles. The smallest absolute Gasteiger partial charge is 0.343 e. The van der Waals surface area contributed by atoms with Crippen LogP contribution < -0.4 is 14.5 Å². The van der Waals surface area contributed by atoms with Crippen molar-refractivity contribution in [2.45, 2.75) is 6.54 Å². The quantitative estimate of drug-likeness (QED) is 0.244. The van der Waals surface area contributed by atoms with Crippen LogP contribution in [0.25, 0.3) is 0 Å². The van der Waals surface area contributed by atoms with Crippen molar-refractivity contribution in [1.29, 1.82) is 0 Å². The van der Waals surface area contributed by atoms with E-state index in [2.05, 4.69) is 15.3 Å². The molecule has 0 unspecified atom stereocenters. The molecule has 0 spiro atoms. The van der Waals surface area contributed by atoms with E-state index in [4.69, 9.17) is 16.3 Å². The van der Waals surface area contributed by atoms with Gasteiger partial charge in [-0.25, -0.2) is 18.6 Å². The summed E-state index contributed by atoms with van der Waals surface area (Å²) in [7, 11) is -2.33. The molecular weight excluding hydrogens is 506 g/mol. The molecular formula is C25H24ClN3O6S. The molecule has 0 fully saturated rings. The molecule has 0 saturated carbocycles. The largest absolute Gasteiger partial charge is 0.482 e. The van der Waals surface area contributed by atoms with Gasteiger partial charge in [-0.15, -0.1) is 0 Å². The lowest BCUT2D eigenvalue weighted by Crippen LogP contribution is -2.29. The number of rotatable bonds is 10. The van der Waals surface area contributed by atoms with Gasteiger partial charge in [-0.1, -0.05) is 29.8 Å². The van der Waals surface area contributed by atoms with Gasteiger partial charge in [-0.2, -0.15) is 5.10 Å². The maximum atomic E-state index is 12.4. The summed E-state index contributed by atoms with van der Waals surface area (Å²) in [4.78, 5) is 23.6. The van der Waals surface area contributed by atoms with E-state index in [1.54, 1.807) is 60.7 Å². The predicted octanol–water partition coefficient (Wildman–Crippen LogP) is 3.62. The third-order valence-corrected chi connectivity index (χ3v) is 6.44. The molecule has 3 aromatic rings. The molecule has 9 nitrogen and oxygen atoms in total. The third-order valence-electron chi connectivity index (χ3n) is 4.93. The van der Waals surface area contributed by atoms with E-state index in [-0.39, 0.29) is 13.2 Å². The molecule has 0 aromatic heterocycles. The van der Waals surface area contributed by atoms with E-state index in [9.17, 15) is 18.0 Å². The van der Waals surface area contributed by atoms with Gasteiger partial charge in [0.1, 0.15) is 5.75 Å². The molecule has 0 aliphatic heterocycles. The lowest BCUT2D eigenvalue weighted by molar-refractivity contribution is -0.142. The van der Waals surface area contributed by atoms with Gasteiger partial charge in [0.15, 0.2) is 6.61 Å². The molecule has 0 radical (unpaired) electrons. The van der Waals surface area contributed by atoms with Gasteiger partial charge >= 0.3 is 5.97 Å². The molecule has 0 aliphatic carbocycles. The summed E-state index contributed by atoms with van der Waals surface area (Å²) in [5.41, 5.74) is 4.47. The highest BCUT2D eigenvalue weighted by Crippen LogP contribution is 2.24. The first-order valence-electron chi connectivity index (χ1n) is 10.6. The Labute approximate surface area is 214 Å². The van der Waals surface area contributed by atoms with Gasteiger partial charge in [0, 0.05) is 10.6 Å². The standard InChI is InChI=1S/C25H24ClN3O6S/c1-34-24(30)17-35-22-13-7-18(8-14-22)15-27-28-25(31)19-9-11-21(12-10-19)29(36(2,32)33)16-20-5-3-4-6-23(20)26/h3-15H,16-17H2,1-2H3,(H,28,31)/b27-15+. The summed E-state index contributed by atoms with van der Waals surface area (Å²) in [5, 5.41) is 4.40. The lowest BCUT2D eigenvalue weighted by atomic mass is 10.2. The number of hydrogen-bond acceptors (Lipinski definition) is 7. The molecule has 0 bridgehead atoms. The number of carbonyl (C=O) groups excluding carboxylic acids is 2. The normalized spacial score (nSPS) is 11.2. The van der Waals surface area contributed by atoms with Crippen LogP contribution >= 0.6 is 11.6 Å². The van der Waals surface area contributed by atoms with Crippen molar-refractivity contribution < 1.29 is 27.5 Å². The third kappa shape index (κ3) is 7.56. The summed E-state index contributed by atoms with van der Waals surface area (Å²) < 4.78 is 35.8. The van der Waals surface area contributed by atoms with Gasteiger partial charge < -0.3 is 9.47 Å². The Morgan fingerprint density at radius 2 is 1.69 bits per heavy atom. The molecule has 0 aliphatic rings. The number of benzene rings is 3. The van der Waals surface area contributed by atoms with Crippen molar-refractivity contribution in [3.05, 3.63) is 94.5 Å². The monoisotopic (exact) mass is 529 g/mol. The van der Waals surface area contributed by atoms with Crippen LogP contribution in [0.5, 0.6) is 5.75 Å². The number of hydrazone groups is 1. The summed E-state index contributed by atoms with van der Waals surface area (Å²) in [6, 6.07) is 19.8. The number of carbonyl (C=O) groups is 2. The molecule has 3 rings (SSSR count). The molecule has 188 valence electrons. The molecule has 1 N–H and O–H groups in total. The first-order chi connectivity index (χ1) is 17.2. The average molecular weight is 530 g/mol. The minimum Gasteiger partial charge on any atom is -0.482 e. The molecule has 3 aromatic carbocycles. The first kappa shape index (κ1) is 26.7. The first-order valence-corrected chi connectivity index (χ1v) is 12.8. The van der Waals surface area contributed by atoms with Crippen molar-refractivity contribution in [1.82, 2.24) is 5.43 Å². The van der Waals surface area contributed by atoms with Crippen molar-refractivity contribution in [2.24, 2.45) is 5.10 Å². The molecule has 0 atom stereocenters. The number of ether oxygens (including phenoxy) is 2. The van der Waals surface area contributed by atoms with Crippen molar-refractivity contribution in [2.75, 3.05) is 24.3 Å². The average Bonchev–Trinajstić information content (AvgIpc) is 2.87. The van der Waals surface area contributed by atoms with Crippen LogP contribution in [-0.2, 0) is 26.1 Å². The number of hydrogen-bond donors (Lipinski definition) is 1. The summed E-state index contributed by atoms with van der Waals surface area (Å²) in [6.45, 7) is -0.137. The number of nitrogens with zero attached hydrogens (tertiary/aromatic N) is 2. The highest BCUT2D eigenvalue weighted by molar-refractivity contribution is 7.92. The van der Waals surface area contributed by atoms with Crippen molar-refractivity contribution in [3.63, 3.8) is 0 Å². The Bertz CT molecular complexity index is 1340. The fourth-order valence-electron chi connectivity index (χ4n) is 3.04. The van der Waals surface area contributed by atoms with E-state index >= 15 is 0 Å². The zero-order chi connectivity index (χ0) is 26.1. The number of anilines is 1. The highest BCUT2D eigenvalue weighted by atomic mass is 35.5. The van der Waals surface area contributed by atoms with Crippen molar-refractivity contribution >= 4 is 45.4 Å². The number of sulfonamides is 1. The number of nitrogens with one attached hydrogen (secondary N) is 1. The Morgan fingerprint density at radius 3 is 2.31 bits per heavy atom. The zero-order valence-electron chi connectivity index (χ0n) is 19.5. The van der Waals surface area contributed by atoms with Crippen molar-refractivity contribution in [3.8, 4) is 5.75 Å². The van der Waals surface area contributed by atoms with E-state index in [0.29, 0.717) is 33.1 Å². The number of esters is 1. The predicted molar refractivity (Wildman–Crippen MR) is 138 cm³/mol. The molecule has 11 heteroatoms. The van der Waals surface area contributed by atoms with Gasteiger partial charge in [0.2, 0.25) is 10.0 Å². The zero-order valence-corrected chi connectivity index (χ0v) is 21.1. The van der Waals surface area contributed by atoms with E-state index in [1.807, 2.05) is 0 Å². The topological polar surface area (TPSA) is 114 Å². The van der Waals surface area contributed by atoms with Crippen LogP contribution in [0.1, 0.15) is 21.5 Å². The molecule has 0 heterocycles.